The number of nitriles is 1. The number of rotatable bonds is 5. The summed E-state index contributed by atoms with van der Waals surface area (Å²) < 4.78 is 33.2. The molecular weight excluding hydrogens is 262 g/mol. The maximum Gasteiger partial charge on any atom is 0.219 e. The lowest BCUT2D eigenvalue weighted by Gasteiger charge is -2.23. The van der Waals surface area contributed by atoms with Gasteiger partial charge in [-0.15, -0.1) is 0 Å². The lowest BCUT2D eigenvalue weighted by atomic mass is 9.99. The Morgan fingerprint density at radius 2 is 2.05 bits per heavy atom. The van der Waals surface area contributed by atoms with Gasteiger partial charge in [0.1, 0.15) is 5.60 Å². The van der Waals surface area contributed by atoms with Crippen molar-refractivity contribution in [2.75, 3.05) is 0 Å². The average Bonchev–Trinajstić information content (AvgIpc) is 2.32. The van der Waals surface area contributed by atoms with Crippen molar-refractivity contribution in [3.8, 4) is 11.8 Å². The minimum absolute atomic E-state index is 0.0749. The van der Waals surface area contributed by atoms with Gasteiger partial charge in [0, 0.05) is 6.42 Å². The zero-order valence-corrected chi connectivity index (χ0v) is 12.3. The minimum Gasteiger partial charge on any atom is -0.485 e. The Morgan fingerprint density at radius 3 is 2.60 bits per heavy atom. The molecule has 1 aromatic heterocycles. The number of nitrogens with zero attached hydrogens (tertiary/aromatic N) is 2. The molecule has 0 aliphatic carbocycles. The van der Waals surface area contributed by atoms with Gasteiger partial charge < -0.3 is 4.74 Å². The van der Waals surface area contributed by atoms with Crippen molar-refractivity contribution in [3.63, 3.8) is 0 Å². The number of halogens is 2. The van der Waals surface area contributed by atoms with Crippen LogP contribution in [0.15, 0.2) is 6.20 Å². The van der Waals surface area contributed by atoms with Crippen molar-refractivity contribution < 1.29 is 13.5 Å². The minimum atomic E-state index is -0.713. The summed E-state index contributed by atoms with van der Waals surface area (Å²) in [5.74, 6) is -1.33. The zero-order valence-electron chi connectivity index (χ0n) is 12.3. The summed E-state index contributed by atoms with van der Waals surface area (Å²) in [6, 6.07) is 2.07. The van der Waals surface area contributed by atoms with Gasteiger partial charge in [-0.3, -0.25) is 0 Å². The van der Waals surface area contributed by atoms with Crippen molar-refractivity contribution in [1.29, 1.82) is 5.26 Å². The summed E-state index contributed by atoms with van der Waals surface area (Å²) in [4.78, 5) is 3.41. The van der Waals surface area contributed by atoms with Crippen LogP contribution in [0.3, 0.4) is 0 Å². The third-order valence-electron chi connectivity index (χ3n) is 2.77. The molecule has 3 nitrogen and oxygen atoms in total. The third-order valence-corrected chi connectivity index (χ3v) is 2.77. The number of aromatic nitrogens is 1. The van der Waals surface area contributed by atoms with Gasteiger partial charge in [-0.05, 0) is 39.5 Å². The van der Waals surface area contributed by atoms with Crippen LogP contribution in [-0.2, 0) is 6.42 Å². The van der Waals surface area contributed by atoms with Crippen molar-refractivity contribution in [2.45, 2.75) is 52.6 Å². The molecule has 5 heteroatoms. The summed E-state index contributed by atoms with van der Waals surface area (Å²) in [5, 5.41) is 8.62. The quantitative estimate of drug-likeness (QED) is 0.766. The zero-order chi connectivity index (χ0) is 15.3. The summed E-state index contributed by atoms with van der Waals surface area (Å²) in [6.45, 7) is 7.21. The van der Waals surface area contributed by atoms with E-state index in [4.69, 9.17) is 10.00 Å². The van der Waals surface area contributed by atoms with E-state index < -0.39 is 17.4 Å². The molecule has 0 radical (unpaired) electrons. The van der Waals surface area contributed by atoms with E-state index in [0.717, 1.165) is 6.20 Å². The van der Waals surface area contributed by atoms with E-state index in [2.05, 4.69) is 11.1 Å². The molecule has 20 heavy (non-hydrogen) atoms. The molecule has 0 saturated heterocycles. The van der Waals surface area contributed by atoms with Gasteiger partial charge in [-0.2, -0.15) is 9.65 Å². The highest BCUT2D eigenvalue weighted by atomic mass is 19.1. The van der Waals surface area contributed by atoms with Crippen molar-refractivity contribution in [1.82, 2.24) is 4.98 Å². The SMILES string of the molecule is CC(CC#N)CCc1c(F)ncc(F)c1OC(C)(C)C. The highest BCUT2D eigenvalue weighted by Crippen LogP contribution is 2.29. The smallest absolute Gasteiger partial charge is 0.219 e. The van der Waals surface area contributed by atoms with Gasteiger partial charge in [0.15, 0.2) is 11.6 Å². The molecule has 1 rings (SSSR count). The Bertz CT molecular complexity index is 504. The topological polar surface area (TPSA) is 45.9 Å². The highest BCUT2D eigenvalue weighted by molar-refractivity contribution is 5.33. The molecule has 1 aromatic rings. The van der Waals surface area contributed by atoms with E-state index in [1.54, 1.807) is 20.8 Å². The second-order valence-corrected chi connectivity index (χ2v) is 5.93. The Hall–Kier alpha value is -1.70. The second kappa shape index (κ2) is 6.65. The average molecular weight is 282 g/mol. The van der Waals surface area contributed by atoms with Crippen molar-refractivity contribution >= 4 is 0 Å². The molecular formula is C15H20F2N2O. The number of pyridine rings is 1. The molecule has 0 fully saturated rings. The first-order valence-corrected chi connectivity index (χ1v) is 6.63. The van der Waals surface area contributed by atoms with Gasteiger partial charge in [0.25, 0.3) is 0 Å². The van der Waals surface area contributed by atoms with Gasteiger partial charge >= 0.3 is 0 Å². The molecule has 0 amide bonds. The molecule has 1 unspecified atom stereocenters. The molecule has 0 N–H and O–H groups in total. The van der Waals surface area contributed by atoms with Crippen LogP contribution >= 0.6 is 0 Å². The molecule has 0 aliphatic rings. The van der Waals surface area contributed by atoms with Crippen LogP contribution in [-0.4, -0.2) is 10.6 Å². The van der Waals surface area contributed by atoms with Crippen LogP contribution in [0.25, 0.3) is 0 Å². The molecule has 0 aliphatic heterocycles. The van der Waals surface area contributed by atoms with E-state index in [9.17, 15) is 8.78 Å². The molecule has 1 heterocycles. The van der Waals surface area contributed by atoms with Crippen molar-refractivity contribution in [3.05, 3.63) is 23.5 Å². The predicted octanol–water partition coefficient (Wildman–Crippen LogP) is 4.02. The second-order valence-electron chi connectivity index (χ2n) is 5.93. The normalized spacial score (nSPS) is 12.8. The van der Waals surface area contributed by atoms with Crippen LogP contribution in [0.2, 0.25) is 0 Å². The monoisotopic (exact) mass is 282 g/mol. The summed E-state index contributed by atoms with van der Waals surface area (Å²) in [5.41, 5.74) is -0.480. The Kier molecular flexibility index (Phi) is 5.43. The molecule has 0 spiro atoms. The molecule has 0 bridgehead atoms. The standard InChI is InChI=1S/C15H20F2N2O/c1-10(7-8-18)5-6-11-13(20-15(2,3)4)12(16)9-19-14(11)17/h9-10H,5-7H2,1-4H3. The van der Waals surface area contributed by atoms with E-state index in [0.29, 0.717) is 19.3 Å². The first kappa shape index (κ1) is 16.4. The summed E-state index contributed by atoms with van der Waals surface area (Å²) in [6.07, 6.45) is 2.10. The number of hydrogen-bond acceptors (Lipinski definition) is 3. The van der Waals surface area contributed by atoms with E-state index in [-0.39, 0.29) is 17.2 Å². The van der Waals surface area contributed by atoms with Crippen LogP contribution in [0.4, 0.5) is 8.78 Å². The summed E-state index contributed by atoms with van der Waals surface area (Å²) in [7, 11) is 0. The Morgan fingerprint density at radius 1 is 1.40 bits per heavy atom. The molecule has 110 valence electrons. The lowest BCUT2D eigenvalue weighted by molar-refractivity contribution is 0.121. The maximum absolute atomic E-state index is 13.8. The molecule has 1 atom stereocenters. The maximum atomic E-state index is 13.8. The number of hydrogen-bond donors (Lipinski definition) is 0. The van der Waals surface area contributed by atoms with Crippen LogP contribution in [0.5, 0.6) is 5.75 Å². The Labute approximate surface area is 118 Å². The number of ether oxygens (including phenoxy) is 1. The highest BCUT2D eigenvalue weighted by Gasteiger charge is 2.22. The fraction of sp³-hybridized carbons (Fsp3) is 0.600. The van der Waals surface area contributed by atoms with E-state index >= 15 is 0 Å². The van der Waals surface area contributed by atoms with Crippen LogP contribution in [0.1, 0.15) is 46.1 Å². The fourth-order valence-electron chi connectivity index (χ4n) is 1.77. The van der Waals surface area contributed by atoms with Crippen LogP contribution in [0, 0.1) is 29.0 Å². The lowest BCUT2D eigenvalue weighted by Crippen LogP contribution is -2.25. The Balaban J connectivity index is 2.99. The van der Waals surface area contributed by atoms with Crippen molar-refractivity contribution in [2.24, 2.45) is 5.92 Å². The van der Waals surface area contributed by atoms with Gasteiger partial charge in [0.05, 0.1) is 17.8 Å². The largest absolute Gasteiger partial charge is 0.485 e. The first-order chi connectivity index (χ1) is 9.24. The predicted molar refractivity (Wildman–Crippen MR) is 72.2 cm³/mol. The third kappa shape index (κ3) is 4.76. The van der Waals surface area contributed by atoms with Gasteiger partial charge in [-0.25, -0.2) is 9.37 Å². The van der Waals surface area contributed by atoms with Gasteiger partial charge in [0.2, 0.25) is 5.95 Å². The summed E-state index contributed by atoms with van der Waals surface area (Å²) >= 11 is 0. The van der Waals surface area contributed by atoms with E-state index in [1.165, 1.54) is 0 Å². The fourth-order valence-corrected chi connectivity index (χ4v) is 1.77. The van der Waals surface area contributed by atoms with E-state index in [1.807, 2.05) is 6.92 Å². The van der Waals surface area contributed by atoms with Crippen LogP contribution < -0.4 is 4.74 Å². The molecule has 0 aromatic carbocycles. The first-order valence-electron chi connectivity index (χ1n) is 6.63. The van der Waals surface area contributed by atoms with Gasteiger partial charge in [-0.1, -0.05) is 6.92 Å². The molecule has 0 saturated carbocycles.